The van der Waals surface area contributed by atoms with E-state index in [1.807, 2.05) is 12.1 Å². The van der Waals surface area contributed by atoms with Crippen LogP contribution in [0.25, 0.3) is 0 Å². The van der Waals surface area contributed by atoms with Crippen LogP contribution in [0.5, 0.6) is 0 Å². The van der Waals surface area contributed by atoms with Crippen molar-refractivity contribution in [3.05, 3.63) is 65.2 Å². The van der Waals surface area contributed by atoms with Crippen LogP contribution in [0.4, 0.5) is 5.69 Å². The number of sulfone groups is 1. The minimum absolute atomic E-state index is 0.0531. The van der Waals surface area contributed by atoms with Gasteiger partial charge in [0.15, 0.2) is 9.84 Å². The number of benzene rings is 2. The van der Waals surface area contributed by atoms with Crippen molar-refractivity contribution in [2.24, 2.45) is 0 Å². The first-order chi connectivity index (χ1) is 10.9. The van der Waals surface area contributed by atoms with Gasteiger partial charge in [0.1, 0.15) is 0 Å². The maximum atomic E-state index is 12.2. The van der Waals surface area contributed by atoms with Gasteiger partial charge in [-0.1, -0.05) is 24.3 Å². The number of rotatable bonds is 6. The standard InChI is InChI=1S/C17H19NO4S/c1-22-11-13-6-8-15(9-7-13)17(19)18-16-5-3-4-14(10-16)12-23(2,20)21/h3-10H,11-12H2,1-2H3,(H,18,19). The van der Waals surface area contributed by atoms with Gasteiger partial charge in [-0.2, -0.15) is 0 Å². The summed E-state index contributed by atoms with van der Waals surface area (Å²) in [6.45, 7) is 0.495. The first-order valence-electron chi connectivity index (χ1n) is 7.03. The molecule has 0 saturated heterocycles. The van der Waals surface area contributed by atoms with Gasteiger partial charge in [0, 0.05) is 24.6 Å². The van der Waals surface area contributed by atoms with Gasteiger partial charge in [-0.25, -0.2) is 8.42 Å². The molecule has 0 spiro atoms. The fourth-order valence-electron chi connectivity index (χ4n) is 2.16. The molecule has 1 N–H and O–H groups in total. The maximum Gasteiger partial charge on any atom is 0.255 e. The van der Waals surface area contributed by atoms with E-state index in [1.54, 1.807) is 43.5 Å². The Morgan fingerprint density at radius 2 is 1.78 bits per heavy atom. The molecule has 23 heavy (non-hydrogen) atoms. The first-order valence-corrected chi connectivity index (χ1v) is 9.09. The Balaban J connectivity index is 2.09. The Morgan fingerprint density at radius 1 is 1.09 bits per heavy atom. The highest BCUT2D eigenvalue weighted by atomic mass is 32.2. The minimum atomic E-state index is -3.11. The molecule has 0 aliphatic rings. The van der Waals surface area contributed by atoms with Gasteiger partial charge in [0.2, 0.25) is 0 Å². The summed E-state index contributed by atoms with van der Waals surface area (Å²) in [6.07, 6.45) is 1.18. The van der Waals surface area contributed by atoms with Crippen molar-refractivity contribution in [3.63, 3.8) is 0 Å². The topological polar surface area (TPSA) is 72.5 Å². The average Bonchev–Trinajstić information content (AvgIpc) is 2.47. The second-order valence-corrected chi connectivity index (χ2v) is 7.49. The van der Waals surface area contributed by atoms with Crippen LogP contribution in [0.2, 0.25) is 0 Å². The molecule has 122 valence electrons. The van der Waals surface area contributed by atoms with Crippen molar-refractivity contribution in [2.45, 2.75) is 12.4 Å². The van der Waals surface area contributed by atoms with Crippen LogP contribution in [-0.4, -0.2) is 27.7 Å². The second kappa shape index (κ2) is 7.39. The summed E-state index contributed by atoms with van der Waals surface area (Å²) >= 11 is 0. The Bertz CT molecular complexity index is 782. The van der Waals surface area contributed by atoms with E-state index in [2.05, 4.69) is 5.32 Å². The summed E-state index contributed by atoms with van der Waals surface area (Å²) in [5, 5.41) is 2.77. The van der Waals surface area contributed by atoms with E-state index in [4.69, 9.17) is 4.74 Å². The zero-order chi connectivity index (χ0) is 16.9. The molecule has 0 radical (unpaired) electrons. The molecule has 2 aromatic rings. The van der Waals surface area contributed by atoms with E-state index in [9.17, 15) is 13.2 Å². The van der Waals surface area contributed by atoms with E-state index >= 15 is 0 Å². The average molecular weight is 333 g/mol. The summed E-state index contributed by atoms with van der Waals surface area (Å²) in [5.74, 6) is -0.298. The molecule has 0 aliphatic carbocycles. The summed E-state index contributed by atoms with van der Waals surface area (Å²) < 4.78 is 27.7. The first kappa shape index (κ1) is 17.2. The molecule has 0 heterocycles. The van der Waals surface area contributed by atoms with Gasteiger partial charge < -0.3 is 10.1 Å². The van der Waals surface area contributed by atoms with E-state index in [1.165, 1.54) is 6.26 Å². The summed E-state index contributed by atoms with van der Waals surface area (Å²) in [4.78, 5) is 12.2. The second-order valence-electron chi connectivity index (χ2n) is 5.35. The zero-order valence-electron chi connectivity index (χ0n) is 13.1. The Morgan fingerprint density at radius 3 is 2.39 bits per heavy atom. The smallest absolute Gasteiger partial charge is 0.255 e. The molecular weight excluding hydrogens is 314 g/mol. The molecule has 0 aromatic heterocycles. The fraction of sp³-hybridized carbons (Fsp3) is 0.235. The molecule has 0 saturated carbocycles. The van der Waals surface area contributed by atoms with Crippen molar-refractivity contribution in [2.75, 3.05) is 18.7 Å². The van der Waals surface area contributed by atoms with Gasteiger partial charge in [-0.3, -0.25) is 4.79 Å². The molecule has 0 bridgehead atoms. The van der Waals surface area contributed by atoms with Gasteiger partial charge >= 0.3 is 0 Å². The number of ether oxygens (including phenoxy) is 1. The third-order valence-corrected chi connectivity index (χ3v) is 4.00. The zero-order valence-corrected chi connectivity index (χ0v) is 13.9. The quantitative estimate of drug-likeness (QED) is 0.882. The Kier molecular flexibility index (Phi) is 5.52. The number of methoxy groups -OCH3 is 1. The van der Waals surface area contributed by atoms with Crippen molar-refractivity contribution in [1.29, 1.82) is 0 Å². The Hall–Kier alpha value is -2.18. The van der Waals surface area contributed by atoms with E-state index in [0.717, 1.165) is 5.56 Å². The monoisotopic (exact) mass is 333 g/mol. The van der Waals surface area contributed by atoms with Crippen molar-refractivity contribution in [1.82, 2.24) is 0 Å². The molecule has 0 atom stereocenters. The van der Waals surface area contributed by atoms with Gasteiger partial charge in [0.05, 0.1) is 12.4 Å². The number of hydrogen-bond donors (Lipinski definition) is 1. The third-order valence-electron chi connectivity index (χ3n) is 3.14. The Labute approximate surface area is 136 Å². The molecule has 2 aromatic carbocycles. The van der Waals surface area contributed by atoms with E-state index in [-0.39, 0.29) is 11.7 Å². The minimum Gasteiger partial charge on any atom is -0.380 e. The lowest BCUT2D eigenvalue weighted by Gasteiger charge is -2.08. The highest BCUT2D eigenvalue weighted by molar-refractivity contribution is 7.89. The highest BCUT2D eigenvalue weighted by Gasteiger charge is 2.08. The highest BCUT2D eigenvalue weighted by Crippen LogP contribution is 2.15. The van der Waals surface area contributed by atoms with Crippen molar-refractivity contribution >= 4 is 21.4 Å². The lowest BCUT2D eigenvalue weighted by molar-refractivity contribution is 0.102. The molecule has 0 fully saturated rings. The number of carbonyl (C=O) groups excluding carboxylic acids is 1. The van der Waals surface area contributed by atoms with Crippen molar-refractivity contribution in [3.8, 4) is 0 Å². The largest absolute Gasteiger partial charge is 0.380 e. The molecule has 2 rings (SSSR count). The molecule has 6 heteroatoms. The van der Waals surface area contributed by atoms with Crippen LogP contribution in [0.3, 0.4) is 0 Å². The summed E-state index contributed by atoms with van der Waals surface area (Å²) in [7, 11) is -1.49. The molecule has 1 amide bonds. The molecule has 0 aliphatic heterocycles. The van der Waals surface area contributed by atoms with Crippen LogP contribution in [0.1, 0.15) is 21.5 Å². The van der Waals surface area contributed by atoms with Gasteiger partial charge in [-0.15, -0.1) is 0 Å². The molecule has 0 unspecified atom stereocenters. The summed E-state index contributed by atoms with van der Waals surface area (Å²) in [5.41, 5.74) is 2.72. The molecule has 5 nitrogen and oxygen atoms in total. The van der Waals surface area contributed by atoms with Crippen LogP contribution in [-0.2, 0) is 26.9 Å². The number of anilines is 1. The normalized spacial score (nSPS) is 11.2. The fourth-order valence-corrected chi connectivity index (χ4v) is 2.95. The number of amides is 1. The van der Waals surface area contributed by atoms with Crippen LogP contribution in [0, 0.1) is 0 Å². The van der Waals surface area contributed by atoms with E-state index < -0.39 is 9.84 Å². The lowest BCUT2D eigenvalue weighted by atomic mass is 10.1. The van der Waals surface area contributed by atoms with Crippen LogP contribution >= 0.6 is 0 Å². The third kappa shape index (κ3) is 5.50. The molecular formula is C17H19NO4S. The number of nitrogens with one attached hydrogen (secondary N) is 1. The van der Waals surface area contributed by atoms with Crippen LogP contribution < -0.4 is 5.32 Å². The van der Waals surface area contributed by atoms with Crippen molar-refractivity contribution < 1.29 is 17.9 Å². The van der Waals surface area contributed by atoms with Gasteiger partial charge in [0.25, 0.3) is 5.91 Å². The van der Waals surface area contributed by atoms with Gasteiger partial charge in [-0.05, 0) is 35.4 Å². The van der Waals surface area contributed by atoms with E-state index in [0.29, 0.717) is 23.4 Å². The predicted molar refractivity (Wildman–Crippen MR) is 90.1 cm³/mol. The van der Waals surface area contributed by atoms with Crippen LogP contribution in [0.15, 0.2) is 48.5 Å². The lowest BCUT2D eigenvalue weighted by Crippen LogP contribution is -2.12. The SMILES string of the molecule is COCc1ccc(C(=O)Nc2cccc(CS(C)(=O)=O)c2)cc1. The number of hydrogen-bond acceptors (Lipinski definition) is 4. The number of carbonyl (C=O) groups is 1. The predicted octanol–water partition coefficient (Wildman–Crippen LogP) is 2.63. The summed E-state index contributed by atoms with van der Waals surface area (Å²) in [6, 6.07) is 13.9. The maximum absolute atomic E-state index is 12.2.